The van der Waals surface area contributed by atoms with E-state index in [2.05, 4.69) is 20.5 Å². The number of nitrogens with zero attached hydrogens (tertiary/aromatic N) is 6. The Morgan fingerprint density at radius 2 is 1.81 bits per heavy atom. The van der Waals surface area contributed by atoms with Gasteiger partial charge >= 0.3 is 12.3 Å². The molecule has 2 aromatic heterocycles. The Morgan fingerprint density at radius 3 is 2.38 bits per heavy atom. The normalized spacial score (nSPS) is 19.2. The Hall–Kier alpha value is -5.06. The smallest absolute Gasteiger partial charge is 0.411 e. The first kappa shape index (κ1) is 36.7. The number of alkyl halides is 5. The maximum atomic E-state index is 14.9. The first-order valence-electron chi connectivity index (χ1n) is 16.1. The second kappa shape index (κ2) is 13.2. The lowest BCUT2D eigenvalue weighted by Crippen LogP contribution is -2.49. The van der Waals surface area contributed by atoms with Gasteiger partial charge < -0.3 is 15.4 Å². The first-order valence-corrected chi connectivity index (χ1v) is 16.5. The van der Waals surface area contributed by atoms with E-state index in [1.165, 1.54) is 18.2 Å². The number of hydrogen-bond donors (Lipinski definition) is 3. The minimum atomic E-state index is -4.72. The number of ether oxygens (including phenoxy) is 1. The highest BCUT2D eigenvalue weighted by atomic mass is 35.5. The fraction of sp³-hybridized carbons (Fsp3) is 0.412. The van der Waals surface area contributed by atoms with Gasteiger partial charge in [-0.3, -0.25) is 19.8 Å². The van der Waals surface area contributed by atoms with Gasteiger partial charge in [0.2, 0.25) is 0 Å². The quantitative estimate of drug-likeness (QED) is 0.151. The van der Waals surface area contributed by atoms with Crippen LogP contribution in [0.5, 0.6) is 0 Å². The van der Waals surface area contributed by atoms with Crippen LogP contribution in [0, 0.1) is 10.8 Å². The zero-order chi connectivity index (χ0) is 37.8. The zero-order valence-corrected chi connectivity index (χ0v) is 29.2. The number of aromatic nitrogens is 5. The number of carbonyl (C=O) groups is 2. The number of nitrogens with one attached hydrogen (secondary N) is 3. The van der Waals surface area contributed by atoms with Crippen molar-refractivity contribution in [3.05, 3.63) is 83.0 Å². The molecule has 4 aromatic rings. The van der Waals surface area contributed by atoms with Crippen molar-refractivity contribution in [2.75, 3.05) is 6.61 Å². The van der Waals surface area contributed by atoms with Crippen LogP contribution in [0.15, 0.2) is 61.1 Å². The SMILES string of the molecule is Cn1ccc(-c2ccc([C@@]3(CC(C)(C)C)NC(=N)N([C@H](COC(=O)NC4(C(F)(F)F)CC4)c4ccc(Cl)c(-n5ncnc5C(F)F)c4)C3=O)cc2)n1. The average molecular weight is 748 g/mol. The molecule has 1 aliphatic carbocycles. The summed E-state index contributed by atoms with van der Waals surface area (Å²) < 4.78 is 76.3. The van der Waals surface area contributed by atoms with Crippen LogP contribution in [0.3, 0.4) is 0 Å². The van der Waals surface area contributed by atoms with Gasteiger partial charge in [0, 0.05) is 18.8 Å². The van der Waals surface area contributed by atoms with Crippen LogP contribution in [0.1, 0.15) is 69.5 Å². The molecule has 0 bridgehead atoms. The first-order chi connectivity index (χ1) is 24.3. The molecule has 1 saturated carbocycles. The fourth-order valence-corrected chi connectivity index (χ4v) is 6.62. The summed E-state index contributed by atoms with van der Waals surface area (Å²) in [4.78, 5) is 32.4. The molecule has 0 spiro atoms. The van der Waals surface area contributed by atoms with E-state index in [0.29, 0.717) is 11.3 Å². The lowest BCUT2D eigenvalue weighted by Gasteiger charge is -2.35. The summed E-state index contributed by atoms with van der Waals surface area (Å²) in [5.41, 5.74) is -2.35. The second-order valence-electron chi connectivity index (χ2n) is 14.1. The Bertz CT molecular complexity index is 2000. The van der Waals surface area contributed by atoms with E-state index in [1.54, 1.807) is 42.2 Å². The molecule has 0 radical (unpaired) electrons. The van der Waals surface area contributed by atoms with E-state index < -0.39 is 65.5 Å². The van der Waals surface area contributed by atoms with Crippen LogP contribution in [0.2, 0.25) is 5.02 Å². The Labute approximate surface area is 299 Å². The van der Waals surface area contributed by atoms with E-state index >= 15 is 0 Å². The lowest BCUT2D eigenvalue weighted by atomic mass is 9.75. The molecule has 18 heteroatoms. The number of hydrogen-bond acceptors (Lipinski definition) is 7. The van der Waals surface area contributed by atoms with Crippen molar-refractivity contribution < 1.29 is 36.3 Å². The van der Waals surface area contributed by atoms with Crippen LogP contribution in [0.4, 0.5) is 26.7 Å². The maximum absolute atomic E-state index is 14.9. The summed E-state index contributed by atoms with van der Waals surface area (Å²) in [5.74, 6) is -1.74. The van der Waals surface area contributed by atoms with Gasteiger partial charge in [0.15, 0.2) is 11.8 Å². The summed E-state index contributed by atoms with van der Waals surface area (Å²) in [7, 11) is 1.79. The molecule has 2 fully saturated rings. The van der Waals surface area contributed by atoms with Gasteiger partial charge in [-0.2, -0.15) is 23.4 Å². The predicted octanol–water partition coefficient (Wildman–Crippen LogP) is 6.82. The van der Waals surface area contributed by atoms with Gasteiger partial charge in [-0.25, -0.2) is 23.2 Å². The molecule has 2 atom stereocenters. The van der Waals surface area contributed by atoms with E-state index in [0.717, 1.165) is 21.5 Å². The van der Waals surface area contributed by atoms with Crippen LogP contribution >= 0.6 is 11.6 Å². The van der Waals surface area contributed by atoms with Gasteiger partial charge in [0.25, 0.3) is 12.3 Å². The summed E-state index contributed by atoms with van der Waals surface area (Å²) in [5, 5.41) is 22.3. The van der Waals surface area contributed by atoms with Crippen molar-refractivity contribution in [1.29, 1.82) is 5.41 Å². The summed E-state index contributed by atoms with van der Waals surface area (Å²) in [6.07, 6.45) is -6.90. The number of amides is 2. The van der Waals surface area contributed by atoms with Gasteiger partial charge in [0.05, 0.1) is 22.4 Å². The third-order valence-electron chi connectivity index (χ3n) is 9.01. The van der Waals surface area contributed by atoms with E-state index in [4.69, 9.17) is 21.7 Å². The van der Waals surface area contributed by atoms with Crippen molar-refractivity contribution >= 4 is 29.6 Å². The Balaban J connectivity index is 1.40. The van der Waals surface area contributed by atoms with Crippen LogP contribution in [-0.2, 0) is 22.1 Å². The molecule has 2 aromatic carbocycles. The van der Waals surface area contributed by atoms with E-state index in [9.17, 15) is 31.5 Å². The van der Waals surface area contributed by atoms with Gasteiger partial charge in [-0.05, 0) is 54.0 Å². The molecule has 2 amide bonds. The third-order valence-corrected chi connectivity index (χ3v) is 9.33. The molecular weight excluding hydrogens is 713 g/mol. The topological polar surface area (TPSA) is 143 Å². The van der Waals surface area contributed by atoms with E-state index in [-0.39, 0.29) is 35.5 Å². The summed E-state index contributed by atoms with van der Waals surface area (Å²) in [6.45, 7) is 5.03. The monoisotopic (exact) mass is 747 g/mol. The van der Waals surface area contributed by atoms with Crippen molar-refractivity contribution in [3.63, 3.8) is 0 Å². The number of rotatable bonds is 10. The minimum absolute atomic E-state index is 0.0227. The van der Waals surface area contributed by atoms with Crippen molar-refractivity contribution in [1.82, 2.24) is 40.1 Å². The standard InChI is InChI=1S/C34H35ClF5N9O3/c1-31(2,3)17-33(21-8-5-19(6-9-21)23-11-14-47(4)46-23)28(50)48(29(41)44-33)25(16-52-30(51)45-32(12-13-32)34(38,39)40)20-7-10-22(35)24(15-20)49-27(26(36)37)42-18-43-49/h5-11,14-15,18,25-26H,12-13,16-17H2,1-4H3,(H2,41,44)(H,45,51)/t25-,33-/m1/s1. The minimum Gasteiger partial charge on any atom is -0.447 e. The zero-order valence-electron chi connectivity index (χ0n) is 28.4. The summed E-state index contributed by atoms with van der Waals surface area (Å²) >= 11 is 6.42. The van der Waals surface area contributed by atoms with Crippen molar-refractivity contribution in [2.45, 2.75) is 69.8 Å². The number of halogens is 6. The number of aryl methyl sites for hydroxylation is 1. The van der Waals surface area contributed by atoms with Gasteiger partial charge in [-0.15, -0.1) is 0 Å². The number of guanidine groups is 1. The molecular formula is C34H35ClF5N9O3. The number of carbonyl (C=O) groups excluding carboxylic acids is 2. The fourth-order valence-electron chi connectivity index (χ4n) is 6.42. The molecule has 276 valence electrons. The highest BCUT2D eigenvalue weighted by molar-refractivity contribution is 6.32. The molecule has 3 heterocycles. The highest BCUT2D eigenvalue weighted by Gasteiger charge is 2.64. The molecule has 0 unspecified atom stereocenters. The van der Waals surface area contributed by atoms with E-state index in [1.807, 2.05) is 32.2 Å². The molecule has 52 heavy (non-hydrogen) atoms. The third kappa shape index (κ3) is 6.92. The molecule has 6 rings (SSSR count). The maximum Gasteiger partial charge on any atom is 0.411 e. The molecule has 3 N–H and O–H groups in total. The lowest BCUT2D eigenvalue weighted by molar-refractivity contribution is -0.164. The Kier molecular flexibility index (Phi) is 9.30. The Morgan fingerprint density at radius 1 is 1.12 bits per heavy atom. The largest absolute Gasteiger partial charge is 0.447 e. The molecule has 1 saturated heterocycles. The molecule has 2 aliphatic rings. The highest BCUT2D eigenvalue weighted by Crippen LogP contribution is 2.49. The number of benzene rings is 2. The predicted molar refractivity (Wildman–Crippen MR) is 179 cm³/mol. The second-order valence-corrected chi connectivity index (χ2v) is 14.5. The summed E-state index contributed by atoms with van der Waals surface area (Å²) in [6, 6.07) is 11.7. The van der Waals surface area contributed by atoms with Crippen molar-refractivity contribution in [3.8, 4) is 16.9 Å². The van der Waals surface area contributed by atoms with Gasteiger partial charge in [0.1, 0.15) is 24.0 Å². The van der Waals surface area contributed by atoms with Gasteiger partial charge in [-0.1, -0.05) is 62.7 Å². The average Bonchev–Trinajstić information content (AvgIpc) is 3.36. The van der Waals surface area contributed by atoms with Crippen LogP contribution in [-0.4, -0.2) is 65.7 Å². The van der Waals surface area contributed by atoms with Crippen LogP contribution < -0.4 is 10.6 Å². The molecule has 1 aliphatic heterocycles. The number of alkyl carbamates (subject to hydrolysis) is 1. The van der Waals surface area contributed by atoms with Crippen molar-refractivity contribution in [2.24, 2.45) is 12.5 Å². The van der Waals surface area contributed by atoms with Crippen LogP contribution in [0.25, 0.3) is 16.9 Å². The molecule has 12 nitrogen and oxygen atoms in total.